The number of likely N-dealkylation sites (tertiary alicyclic amines) is 1. The Labute approximate surface area is 143 Å². The van der Waals surface area contributed by atoms with E-state index in [1.165, 1.54) is 17.7 Å². The molecule has 5 heteroatoms. The topological polar surface area (TPSA) is 51.0 Å². The van der Waals surface area contributed by atoms with E-state index in [1.807, 2.05) is 19.1 Å². The predicted molar refractivity (Wildman–Crippen MR) is 93.6 cm³/mol. The molecule has 24 heavy (non-hydrogen) atoms. The fourth-order valence-electron chi connectivity index (χ4n) is 3.52. The van der Waals surface area contributed by atoms with Gasteiger partial charge < -0.3 is 4.90 Å². The highest BCUT2D eigenvalue weighted by Gasteiger charge is 2.27. The van der Waals surface area contributed by atoms with Crippen molar-refractivity contribution in [2.45, 2.75) is 58.5 Å². The molecular formula is C19H26N4O. The van der Waals surface area contributed by atoms with E-state index >= 15 is 0 Å². The summed E-state index contributed by atoms with van der Waals surface area (Å²) in [5.41, 5.74) is 3.38. The summed E-state index contributed by atoms with van der Waals surface area (Å²) in [6.07, 6.45) is 8.28. The minimum absolute atomic E-state index is 0.262. The third-order valence-corrected chi connectivity index (χ3v) is 4.81. The van der Waals surface area contributed by atoms with Crippen LogP contribution < -0.4 is 0 Å². The van der Waals surface area contributed by atoms with Crippen LogP contribution in [-0.2, 0) is 17.8 Å². The van der Waals surface area contributed by atoms with Crippen LogP contribution in [0.25, 0.3) is 0 Å². The highest BCUT2D eigenvalue weighted by atomic mass is 16.2. The van der Waals surface area contributed by atoms with Gasteiger partial charge in [0.25, 0.3) is 0 Å². The number of hydrogen-bond acceptors (Lipinski definition) is 3. The molecule has 3 heterocycles. The lowest BCUT2D eigenvalue weighted by atomic mass is 10.0. The molecule has 1 saturated heterocycles. The zero-order valence-electron chi connectivity index (χ0n) is 14.6. The zero-order chi connectivity index (χ0) is 16.9. The number of pyridine rings is 1. The van der Waals surface area contributed by atoms with Crippen molar-refractivity contribution < 1.29 is 4.79 Å². The van der Waals surface area contributed by atoms with E-state index in [0.717, 1.165) is 38.0 Å². The number of hydrogen-bond donors (Lipinski definition) is 0. The predicted octanol–water partition coefficient (Wildman–Crippen LogP) is 2.91. The molecular weight excluding hydrogens is 300 g/mol. The maximum Gasteiger partial charge on any atom is 0.223 e. The molecule has 1 aliphatic rings. The van der Waals surface area contributed by atoms with Gasteiger partial charge in [-0.25, -0.2) is 0 Å². The molecule has 1 fully saturated rings. The minimum Gasteiger partial charge on any atom is -0.338 e. The van der Waals surface area contributed by atoms with Crippen molar-refractivity contribution in [2.24, 2.45) is 0 Å². The van der Waals surface area contributed by atoms with E-state index in [-0.39, 0.29) is 11.9 Å². The van der Waals surface area contributed by atoms with Gasteiger partial charge in [0.15, 0.2) is 0 Å². The zero-order valence-corrected chi connectivity index (χ0v) is 14.6. The van der Waals surface area contributed by atoms with Crippen molar-refractivity contribution in [1.82, 2.24) is 19.7 Å². The Bertz CT molecular complexity index is 680. The van der Waals surface area contributed by atoms with Gasteiger partial charge in [0.1, 0.15) is 0 Å². The van der Waals surface area contributed by atoms with Crippen LogP contribution in [0.1, 0.15) is 42.6 Å². The minimum atomic E-state index is 0.262. The fraction of sp³-hybridized carbons (Fsp3) is 0.526. The van der Waals surface area contributed by atoms with Crippen LogP contribution in [0.15, 0.2) is 30.6 Å². The van der Waals surface area contributed by atoms with E-state index in [9.17, 15) is 4.79 Å². The largest absolute Gasteiger partial charge is 0.338 e. The summed E-state index contributed by atoms with van der Waals surface area (Å²) < 4.78 is 2.05. The number of nitrogens with zero attached hydrogens (tertiary/aromatic N) is 4. The summed E-state index contributed by atoms with van der Waals surface area (Å²) in [5.74, 6) is 0.262. The number of carbonyl (C=O) groups excluding carboxylic acids is 1. The highest BCUT2D eigenvalue weighted by Crippen LogP contribution is 2.21. The quantitative estimate of drug-likeness (QED) is 0.849. The number of carbonyl (C=O) groups is 1. The summed E-state index contributed by atoms with van der Waals surface area (Å²) in [4.78, 5) is 18.9. The molecule has 0 N–H and O–H groups in total. The SMILES string of the molecule is Cc1cc(C)n(C[C@@H]2CCCCN2C(=O)CCc2ccncc2)n1. The molecule has 0 saturated carbocycles. The second-order valence-electron chi connectivity index (χ2n) is 6.70. The highest BCUT2D eigenvalue weighted by molar-refractivity contribution is 5.76. The van der Waals surface area contributed by atoms with Gasteiger partial charge in [-0.2, -0.15) is 5.10 Å². The van der Waals surface area contributed by atoms with E-state index in [4.69, 9.17) is 0 Å². The Morgan fingerprint density at radius 3 is 2.75 bits per heavy atom. The van der Waals surface area contributed by atoms with Gasteiger partial charge in [-0.1, -0.05) is 0 Å². The lowest BCUT2D eigenvalue weighted by Crippen LogP contribution is -2.46. The molecule has 2 aromatic heterocycles. The summed E-state index contributed by atoms with van der Waals surface area (Å²) in [7, 11) is 0. The van der Waals surface area contributed by atoms with E-state index in [0.29, 0.717) is 6.42 Å². The van der Waals surface area contributed by atoms with E-state index in [2.05, 4.69) is 32.7 Å². The monoisotopic (exact) mass is 326 g/mol. The molecule has 3 rings (SSSR count). The molecule has 5 nitrogen and oxygen atoms in total. The fourth-order valence-corrected chi connectivity index (χ4v) is 3.52. The Morgan fingerprint density at radius 2 is 2.04 bits per heavy atom. The van der Waals surface area contributed by atoms with Gasteiger partial charge in [0.2, 0.25) is 5.91 Å². The molecule has 0 aromatic carbocycles. The van der Waals surface area contributed by atoms with Crippen molar-refractivity contribution >= 4 is 5.91 Å². The van der Waals surface area contributed by atoms with E-state index in [1.54, 1.807) is 12.4 Å². The Hall–Kier alpha value is -2.17. The molecule has 128 valence electrons. The normalized spacial score (nSPS) is 17.9. The summed E-state index contributed by atoms with van der Waals surface area (Å²) in [5, 5.41) is 4.56. The molecule has 1 atom stereocenters. The van der Waals surface area contributed by atoms with Crippen LogP contribution >= 0.6 is 0 Å². The van der Waals surface area contributed by atoms with Gasteiger partial charge >= 0.3 is 0 Å². The molecule has 1 amide bonds. The summed E-state index contributed by atoms with van der Waals surface area (Å²) in [6, 6.07) is 6.33. The maximum atomic E-state index is 12.7. The summed E-state index contributed by atoms with van der Waals surface area (Å²) >= 11 is 0. The third kappa shape index (κ3) is 4.02. The van der Waals surface area contributed by atoms with Crippen LogP contribution in [0.4, 0.5) is 0 Å². The molecule has 0 aliphatic carbocycles. The lowest BCUT2D eigenvalue weighted by molar-refractivity contribution is -0.135. The van der Waals surface area contributed by atoms with Crippen LogP contribution in [-0.4, -0.2) is 38.2 Å². The number of amides is 1. The standard InChI is InChI=1S/C19H26N4O/c1-15-13-16(2)23(21-15)14-18-5-3-4-12-22(18)19(24)7-6-17-8-10-20-11-9-17/h8-11,13,18H,3-7,12,14H2,1-2H3/t18-/m0/s1. The first-order valence-electron chi connectivity index (χ1n) is 8.83. The molecule has 1 aliphatic heterocycles. The number of aromatic nitrogens is 3. The van der Waals surface area contributed by atoms with Crippen LogP contribution in [0, 0.1) is 13.8 Å². The Morgan fingerprint density at radius 1 is 1.25 bits per heavy atom. The molecule has 2 aromatic rings. The molecule has 0 radical (unpaired) electrons. The van der Waals surface area contributed by atoms with Crippen LogP contribution in [0.5, 0.6) is 0 Å². The van der Waals surface area contributed by atoms with Gasteiger partial charge in [0, 0.05) is 31.1 Å². The van der Waals surface area contributed by atoms with Crippen molar-refractivity contribution in [1.29, 1.82) is 0 Å². The van der Waals surface area contributed by atoms with Crippen LogP contribution in [0.3, 0.4) is 0 Å². The number of rotatable bonds is 5. The maximum absolute atomic E-state index is 12.7. The second kappa shape index (κ2) is 7.60. The van der Waals surface area contributed by atoms with Crippen molar-refractivity contribution in [3.63, 3.8) is 0 Å². The summed E-state index contributed by atoms with van der Waals surface area (Å²) in [6.45, 7) is 5.78. The smallest absolute Gasteiger partial charge is 0.223 e. The second-order valence-corrected chi connectivity index (χ2v) is 6.70. The van der Waals surface area contributed by atoms with Crippen molar-refractivity contribution in [2.75, 3.05) is 6.54 Å². The molecule has 0 unspecified atom stereocenters. The first kappa shape index (κ1) is 16.7. The Kier molecular flexibility index (Phi) is 5.28. The van der Waals surface area contributed by atoms with Gasteiger partial charge in [-0.15, -0.1) is 0 Å². The molecule has 0 spiro atoms. The Balaban J connectivity index is 1.63. The molecule has 0 bridgehead atoms. The van der Waals surface area contributed by atoms with Crippen molar-refractivity contribution in [3.8, 4) is 0 Å². The van der Waals surface area contributed by atoms with Crippen LogP contribution in [0.2, 0.25) is 0 Å². The van der Waals surface area contributed by atoms with E-state index < -0.39 is 0 Å². The van der Waals surface area contributed by atoms with Gasteiger partial charge in [-0.3, -0.25) is 14.5 Å². The number of aryl methyl sites for hydroxylation is 3. The third-order valence-electron chi connectivity index (χ3n) is 4.81. The average molecular weight is 326 g/mol. The first-order chi connectivity index (χ1) is 11.6. The van der Waals surface area contributed by atoms with Gasteiger partial charge in [0.05, 0.1) is 18.3 Å². The average Bonchev–Trinajstić information content (AvgIpc) is 2.91. The number of piperidine rings is 1. The lowest BCUT2D eigenvalue weighted by Gasteiger charge is -2.36. The van der Waals surface area contributed by atoms with Gasteiger partial charge in [-0.05, 0) is 63.3 Å². The van der Waals surface area contributed by atoms with Crippen molar-refractivity contribution in [3.05, 3.63) is 47.5 Å². The first-order valence-corrected chi connectivity index (χ1v) is 8.83.